The topological polar surface area (TPSA) is 52.6 Å². The zero-order valence-corrected chi connectivity index (χ0v) is 28.3. The van der Waals surface area contributed by atoms with Gasteiger partial charge in [-0.1, -0.05) is 155 Å². The molecule has 0 aromatic heterocycles. The van der Waals surface area contributed by atoms with Crippen molar-refractivity contribution < 1.29 is 19.1 Å². The van der Waals surface area contributed by atoms with Crippen molar-refractivity contribution in [3.63, 3.8) is 0 Å². The number of carbonyl (C=O) groups excluding carboxylic acids is 2. The summed E-state index contributed by atoms with van der Waals surface area (Å²) in [5.41, 5.74) is 0. The fourth-order valence-corrected chi connectivity index (χ4v) is 7.83. The largest absolute Gasteiger partial charge is 0.468 e. The van der Waals surface area contributed by atoms with E-state index in [4.69, 9.17) is 9.47 Å². The summed E-state index contributed by atoms with van der Waals surface area (Å²) in [6, 6.07) is 0. The van der Waals surface area contributed by atoms with Gasteiger partial charge in [0.15, 0.2) is 0 Å². The summed E-state index contributed by atoms with van der Waals surface area (Å²) >= 11 is 0. The quantitative estimate of drug-likeness (QED) is 0.0576. The van der Waals surface area contributed by atoms with Gasteiger partial charge in [-0.2, -0.15) is 0 Å². The molecule has 42 heavy (non-hydrogen) atoms. The fraction of sp³-hybridized carbons (Fsp3) is 0.947. The molecule has 0 aliphatic heterocycles. The summed E-state index contributed by atoms with van der Waals surface area (Å²) in [4.78, 5) is 20.6. The highest BCUT2D eigenvalue weighted by molar-refractivity contribution is 5.36. The molecule has 4 heteroatoms. The van der Waals surface area contributed by atoms with Crippen LogP contribution in [0.2, 0.25) is 0 Å². The predicted molar refractivity (Wildman–Crippen MR) is 179 cm³/mol. The summed E-state index contributed by atoms with van der Waals surface area (Å²) < 4.78 is 9.69. The van der Waals surface area contributed by atoms with Crippen molar-refractivity contribution in [2.45, 2.75) is 194 Å². The molecule has 0 saturated heterocycles. The molecule has 0 aromatic rings. The molecule has 0 bridgehead atoms. The number of hydrogen-bond donors (Lipinski definition) is 0. The van der Waals surface area contributed by atoms with Crippen LogP contribution >= 0.6 is 0 Å². The molecule has 0 spiro atoms. The first kappa shape index (κ1) is 39.0. The molecule has 4 atom stereocenters. The van der Waals surface area contributed by atoms with Crippen LogP contribution in [0.1, 0.15) is 194 Å². The van der Waals surface area contributed by atoms with E-state index in [0.29, 0.717) is 26.2 Å². The van der Waals surface area contributed by atoms with Gasteiger partial charge in [0.1, 0.15) is 0 Å². The Kier molecular flexibility index (Phi) is 27.8. The third kappa shape index (κ3) is 20.8. The molecule has 1 rings (SSSR count). The van der Waals surface area contributed by atoms with Crippen molar-refractivity contribution in [3.05, 3.63) is 0 Å². The van der Waals surface area contributed by atoms with Gasteiger partial charge in [-0.25, -0.2) is 0 Å². The summed E-state index contributed by atoms with van der Waals surface area (Å²) in [7, 11) is 0. The number of hydrogen-bond acceptors (Lipinski definition) is 4. The minimum Gasteiger partial charge on any atom is -0.468 e. The van der Waals surface area contributed by atoms with Crippen LogP contribution in [0.5, 0.6) is 0 Å². The normalized spacial score (nSPS) is 20.4. The van der Waals surface area contributed by atoms with Gasteiger partial charge in [0.25, 0.3) is 12.9 Å². The number of unbranched alkanes of at least 4 members (excludes halogenated alkanes) is 18. The monoisotopic (exact) mass is 593 g/mol. The van der Waals surface area contributed by atoms with Gasteiger partial charge in [0.2, 0.25) is 0 Å². The van der Waals surface area contributed by atoms with Gasteiger partial charge < -0.3 is 9.47 Å². The van der Waals surface area contributed by atoms with Gasteiger partial charge >= 0.3 is 0 Å². The molecule has 0 amide bonds. The van der Waals surface area contributed by atoms with Crippen LogP contribution in [0.4, 0.5) is 0 Å². The first-order valence-corrected chi connectivity index (χ1v) is 18.9. The second-order valence-electron chi connectivity index (χ2n) is 13.6. The molecule has 4 unspecified atom stereocenters. The molecule has 0 N–H and O–H groups in total. The first-order valence-electron chi connectivity index (χ1n) is 18.9. The van der Waals surface area contributed by atoms with Gasteiger partial charge in [-0.15, -0.1) is 0 Å². The highest BCUT2D eigenvalue weighted by Crippen LogP contribution is 2.47. The van der Waals surface area contributed by atoms with Crippen molar-refractivity contribution in [3.8, 4) is 0 Å². The zero-order valence-electron chi connectivity index (χ0n) is 28.3. The second kappa shape index (κ2) is 30.0. The lowest BCUT2D eigenvalue weighted by atomic mass is 9.61. The third-order valence-electron chi connectivity index (χ3n) is 10.3. The lowest BCUT2D eigenvalue weighted by Gasteiger charge is -2.44. The van der Waals surface area contributed by atoms with Crippen LogP contribution in [0, 0.1) is 23.7 Å². The number of ether oxygens (including phenoxy) is 2. The molecule has 0 aromatic carbocycles. The summed E-state index contributed by atoms with van der Waals surface area (Å²) in [5, 5.41) is 0. The Morgan fingerprint density at radius 1 is 0.429 bits per heavy atom. The molecule has 1 aliphatic rings. The molecule has 248 valence electrons. The molecule has 1 saturated carbocycles. The maximum atomic E-state index is 10.3. The lowest BCUT2D eigenvalue weighted by molar-refractivity contribution is -0.129. The Labute approximate surface area is 262 Å². The zero-order chi connectivity index (χ0) is 30.4. The maximum Gasteiger partial charge on any atom is 0.293 e. The molecule has 0 heterocycles. The highest BCUT2D eigenvalue weighted by atomic mass is 16.5. The van der Waals surface area contributed by atoms with Crippen molar-refractivity contribution in [2.24, 2.45) is 23.7 Å². The van der Waals surface area contributed by atoms with E-state index in [1.165, 1.54) is 167 Å². The number of rotatable bonds is 32. The smallest absolute Gasteiger partial charge is 0.293 e. The first-order chi connectivity index (χ1) is 20.8. The van der Waals surface area contributed by atoms with Crippen molar-refractivity contribution in [1.29, 1.82) is 0 Å². The van der Waals surface area contributed by atoms with E-state index < -0.39 is 0 Å². The molecule has 1 aliphatic carbocycles. The fourth-order valence-electron chi connectivity index (χ4n) is 7.83. The predicted octanol–water partition coefficient (Wildman–Crippen LogP) is 11.8. The van der Waals surface area contributed by atoms with Crippen LogP contribution in [0.15, 0.2) is 0 Å². The van der Waals surface area contributed by atoms with Gasteiger partial charge in [-0.3, -0.25) is 9.59 Å². The van der Waals surface area contributed by atoms with Crippen LogP contribution < -0.4 is 0 Å². The van der Waals surface area contributed by atoms with Crippen molar-refractivity contribution in [1.82, 2.24) is 0 Å². The van der Waals surface area contributed by atoms with Crippen LogP contribution in [0.3, 0.4) is 0 Å². The Morgan fingerprint density at radius 3 is 1.12 bits per heavy atom. The van der Waals surface area contributed by atoms with E-state index in [1.807, 2.05) is 0 Å². The third-order valence-corrected chi connectivity index (χ3v) is 10.3. The Balaban J connectivity index is 2.66. The molecule has 0 radical (unpaired) electrons. The standard InChI is InChI=1S/C38H72O4/c1-3-5-7-9-15-21-27-37-35(25-19-8-6-4-2)29-30-36(26-20-14-10-12-17-23-31-41-33-39)38(37)28-22-16-11-13-18-24-32-42-34-40/h33-38H,3-32H2,1-2H3. The van der Waals surface area contributed by atoms with Crippen LogP contribution in [0.25, 0.3) is 0 Å². The molecular formula is C38H72O4. The Bertz CT molecular complexity index is 579. The van der Waals surface area contributed by atoms with E-state index in [9.17, 15) is 9.59 Å². The van der Waals surface area contributed by atoms with Gasteiger partial charge in [-0.05, 0) is 62.2 Å². The average molecular weight is 593 g/mol. The van der Waals surface area contributed by atoms with Crippen molar-refractivity contribution in [2.75, 3.05) is 13.2 Å². The highest BCUT2D eigenvalue weighted by Gasteiger charge is 2.37. The Morgan fingerprint density at radius 2 is 0.738 bits per heavy atom. The molecule has 4 nitrogen and oxygen atoms in total. The van der Waals surface area contributed by atoms with Gasteiger partial charge in [0.05, 0.1) is 13.2 Å². The molecular weight excluding hydrogens is 520 g/mol. The van der Waals surface area contributed by atoms with Crippen molar-refractivity contribution >= 4 is 12.9 Å². The Hall–Kier alpha value is -1.06. The SMILES string of the molecule is CCCCCCCCC1C(CCCCCC)CCC(CCCCCCCCOC=O)C1CCCCCCCCOC=O. The summed E-state index contributed by atoms with van der Waals surface area (Å²) in [5.74, 6) is 3.84. The minimum absolute atomic E-state index is 0.573. The maximum absolute atomic E-state index is 10.3. The van der Waals surface area contributed by atoms with E-state index in [2.05, 4.69) is 13.8 Å². The number of carbonyl (C=O) groups is 2. The van der Waals surface area contributed by atoms with Crippen LogP contribution in [-0.4, -0.2) is 26.2 Å². The second-order valence-corrected chi connectivity index (χ2v) is 13.6. The summed E-state index contributed by atoms with van der Waals surface area (Å²) in [6.07, 6.45) is 38.2. The average Bonchev–Trinajstić information content (AvgIpc) is 3.00. The molecule has 1 fully saturated rings. The lowest BCUT2D eigenvalue weighted by Crippen LogP contribution is -2.35. The van der Waals surface area contributed by atoms with Gasteiger partial charge in [0, 0.05) is 0 Å². The van der Waals surface area contributed by atoms with E-state index >= 15 is 0 Å². The summed E-state index contributed by atoms with van der Waals surface area (Å²) in [6.45, 7) is 6.98. The van der Waals surface area contributed by atoms with E-state index in [1.54, 1.807) is 0 Å². The van der Waals surface area contributed by atoms with Crippen LogP contribution in [-0.2, 0) is 19.1 Å². The van der Waals surface area contributed by atoms with E-state index in [0.717, 1.165) is 36.5 Å². The van der Waals surface area contributed by atoms with E-state index in [-0.39, 0.29) is 0 Å². The minimum atomic E-state index is 0.573.